The smallest absolute Gasteiger partial charge is 0.264 e. The monoisotopic (exact) mass is 628 g/mol. The van der Waals surface area contributed by atoms with Gasteiger partial charge >= 0.3 is 0 Å². The maximum atomic E-state index is 13.3. The van der Waals surface area contributed by atoms with Crippen LogP contribution in [0.2, 0.25) is 5.02 Å². The summed E-state index contributed by atoms with van der Waals surface area (Å²) in [4.78, 5) is 15.6. The lowest BCUT2D eigenvalue weighted by Crippen LogP contribution is -2.47. The predicted molar refractivity (Wildman–Crippen MR) is 175 cm³/mol. The Bertz CT molecular complexity index is 1460. The molecule has 0 radical (unpaired) electrons. The van der Waals surface area contributed by atoms with Gasteiger partial charge in [-0.25, -0.2) is 13.1 Å². The van der Waals surface area contributed by atoms with E-state index in [-0.39, 0.29) is 23.3 Å². The molecule has 0 bridgehead atoms. The Morgan fingerprint density at radius 1 is 1.23 bits per heavy atom. The van der Waals surface area contributed by atoms with Gasteiger partial charge < -0.3 is 14.7 Å². The molecule has 1 heterocycles. The largest absolute Gasteiger partial charge is 0.490 e. The predicted octanol–water partition coefficient (Wildman–Crippen LogP) is 6.29. The Morgan fingerprint density at radius 3 is 2.60 bits per heavy atom. The molecule has 2 N–H and O–H groups in total. The number of aryl methyl sites for hydroxylation is 1. The van der Waals surface area contributed by atoms with Crippen LogP contribution < -0.4 is 14.4 Å². The van der Waals surface area contributed by atoms with Gasteiger partial charge in [0.05, 0.1) is 23.6 Å². The quantitative estimate of drug-likeness (QED) is 0.268. The van der Waals surface area contributed by atoms with Crippen molar-refractivity contribution in [2.24, 2.45) is 17.8 Å². The van der Waals surface area contributed by atoms with Crippen molar-refractivity contribution in [2.75, 3.05) is 24.6 Å². The highest BCUT2D eigenvalue weighted by atomic mass is 35.5. The van der Waals surface area contributed by atoms with Crippen molar-refractivity contribution < 1.29 is 23.1 Å². The number of benzene rings is 2. The van der Waals surface area contributed by atoms with Crippen LogP contribution in [0, 0.1) is 17.8 Å². The summed E-state index contributed by atoms with van der Waals surface area (Å²) in [6.45, 7) is 16.9. The number of nitrogens with one attached hydrogen (secondary N) is 1. The first-order chi connectivity index (χ1) is 20.3. The number of sulfonamides is 1. The van der Waals surface area contributed by atoms with Crippen molar-refractivity contribution in [3.05, 3.63) is 83.4 Å². The average Bonchev–Trinajstić information content (AvgIpc) is 3.10. The molecule has 2 aliphatic rings. The minimum Gasteiger partial charge on any atom is -0.490 e. The molecule has 0 saturated heterocycles. The van der Waals surface area contributed by atoms with Gasteiger partial charge in [0.1, 0.15) is 5.75 Å². The number of carbonyl (C=O) groups is 1. The first kappa shape index (κ1) is 33.1. The molecule has 1 unspecified atom stereocenters. The highest BCUT2D eigenvalue weighted by molar-refractivity contribution is 7.90. The third-order valence-electron chi connectivity index (χ3n) is 9.42. The van der Waals surface area contributed by atoms with Gasteiger partial charge in [0, 0.05) is 29.1 Å². The van der Waals surface area contributed by atoms with Crippen molar-refractivity contribution in [3.8, 4) is 5.75 Å². The first-order valence-corrected chi connectivity index (χ1v) is 17.0. The summed E-state index contributed by atoms with van der Waals surface area (Å²) in [5.41, 5.74) is 2.86. The highest BCUT2D eigenvalue weighted by Crippen LogP contribution is 2.43. The SMILES string of the molecule is C=CC[C@H](C)[C@@H](C)S(=O)(=O)NC(=O)c1ccc2c(c1)N(C[C@@H]1CCC1[C@@H](O)C=C)C[C@](C)(c1ccc(Cl)cc1CC)CO2. The molecule has 1 fully saturated rings. The molecule has 1 aliphatic heterocycles. The zero-order chi connectivity index (χ0) is 31.5. The number of amides is 1. The van der Waals surface area contributed by atoms with Gasteiger partial charge in [0.2, 0.25) is 10.0 Å². The van der Waals surface area contributed by atoms with Crippen molar-refractivity contribution in [1.82, 2.24) is 4.72 Å². The van der Waals surface area contributed by atoms with Crippen molar-refractivity contribution >= 4 is 33.2 Å². The fraction of sp³-hybridized carbons (Fsp3) is 0.500. The second-order valence-electron chi connectivity index (χ2n) is 12.5. The number of hydrogen-bond donors (Lipinski definition) is 2. The molecule has 6 atom stereocenters. The lowest BCUT2D eigenvalue weighted by atomic mass is 9.70. The molecule has 1 saturated carbocycles. The van der Waals surface area contributed by atoms with E-state index in [4.69, 9.17) is 16.3 Å². The van der Waals surface area contributed by atoms with Gasteiger partial charge in [-0.3, -0.25) is 4.79 Å². The van der Waals surface area contributed by atoms with Crippen LogP contribution in [-0.4, -0.2) is 50.5 Å². The molecule has 0 aromatic heterocycles. The molecule has 7 nitrogen and oxygen atoms in total. The number of rotatable bonds is 12. The third-order valence-corrected chi connectivity index (χ3v) is 11.6. The lowest BCUT2D eigenvalue weighted by molar-refractivity contribution is 0.0462. The summed E-state index contributed by atoms with van der Waals surface area (Å²) in [7, 11) is -3.91. The lowest BCUT2D eigenvalue weighted by Gasteiger charge is -2.43. The number of hydrogen-bond acceptors (Lipinski definition) is 6. The Morgan fingerprint density at radius 2 is 1.98 bits per heavy atom. The number of carbonyl (C=O) groups excluding carboxylic acids is 1. The Kier molecular flexibility index (Phi) is 10.4. The summed E-state index contributed by atoms with van der Waals surface area (Å²) in [6.07, 6.45) is 5.94. The van der Waals surface area contributed by atoms with E-state index < -0.39 is 32.7 Å². The summed E-state index contributed by atoms with van der Waals surface area (Å²) in [5.74, 6) is 0.0850. The zero-order valence-electron chi connectivity index (χ0n) is 25.7. The minimum atomic E-state index is -3.91. The zero-order valence-corrected chi connectivity index (χ0v) is 27.3. The van der Waals surface area contributed by atoms with E-state index in [1.54, 1.807) is 37.3 Å². The third kappa shape index (κ3) is 7.13. The van der Waals surface area contributed by atoms with E-state index in [0.717, 1.165) is 36.1 Å². The number of allylic oxidation sites excluding steroid dienone is 1. The van der Waals surface area contributed by atoms with E-state index in [9.17, 15) is 18.3 Å². The van der Waals surface area contributed by atoms with Crippen LogP contribution in [-0.2, 0) is 21.9 Å². The second kappa shape index (κ2) is 13.4. The van der Waals surface area contributed by atoms with Crippen LogP contribution in [0.15, 0.2) is 61.7 Å². The molecule has 2 aromatic carbocycles. The molecule has 1 amide bonds. The van der Waals surface area contributed by atoms with E-state index in [0.29, 0.717) is 36.9 Å². The van der Waals surface area contributed by atoms with E-state index in [1.165, 1.54) is 0 Å². The number of anilines is 1. The number of aliphatic hydroxyl groups is 1. The van der Waals surface area contributed by atoms with Gasteiger partial charge in [-0.05, 0) is 91.8 Å². The number of aliphatic hydroxyl groups excluding tert-OH is 1. The van der Waals surface area contributed by atoms with Gasteiger partial charge in [-0.1, -0.05) is 50.6 Å². The topological polar surface area (TPSA) is 95.9 Å². The normalized spacial score (nSPS) is 23.9. The fourth-order valence-electron chi connectivity index (χ4n) is 6.36. The molecule has 234 valence electrons. The molecule has 1 aliphatic carbocycles. The van der Waals surface area contributed by atoms with Crippen LogP contribution in [0.25, 0.3) is 0 Å². The van der Waals surface area contributed by atoms with Crippen LogP contribution >= 0.6 is 11.6 Å². The number of fused-ring (bicyclic) bond motifs is 1. The molecule has 0 spiro atoms. The summed E-state index contributed by atoms with van der Waals surface area (Å²) in [6, 6.07) is 11.1. The maximum Gasteiger partial charge on any atom is 0.264 e. The van der Waals surface area contributed by atoms with Crippen molar-refractivity contribution in [2.45, 2.75) is 70.1 Å². The number of nitrogens with zero attached hydrogens (tertiary/aromatic N) is 1. The Labute approximate surface area is 262 Å². The average molecular weight is 629 g/mol. The van der Waals surface area contributed by atoms with Crippen LogP contribution in [0.1, 0.15) is 68.4 Å². The molecule has 9 heteroatoms. The molecular weight excluding hydrogens is 584 g/mol. The second-order valence-corrected chi connectivity index (χ2v) is 15.0. The highest BCUT2D eigenvalue weighted by Gasteiger charge is 2.41. The Hall–Kier alpha value is -2.81. The fourth-order valence-corrected chi connectivity index (χ4v) is 7.84. The summed E-state index contributed by atoms with van der Waals surface area (Å²) >= 11 is 6.36. The van der Waals surface area contributed by atoms with Crippen molar-refractivity contribution in [3.63, 3.8) is 0 Å². The van der Waals surface area contributed by atoms with Gasteiger partial charge in [-0.15, -0.1) is 13.2 Å². The van der Waals surface area contributed by atoms with Gasteiger partial charge in [-0.2, -0.15) is 0 Å². The van der Waals surface area contributed by atoms with E-state index >= 15 is 0 Å². The Balaban J connectivity index is 1.70. The number of ether oxygens (including phenoxy) is 1. The molecule has 2 aromatic rings. The standard InChI is InChI=1S/C34H45ClN2O5S/c1-7-10-22(4)23(5)43(40,41)36-33(39)25-12-16-32-30(18-25)37(19-26-11-14-28(26)31(38)9-3)20-34(6,21-42-32)29-15-13-27(35)17-24(29)8-2/h7,9,12-13,15-18,22-23,26,28,31,38H,1,3,8,10-11,14,19-21H2,2,4-6H3,(H,36,39)/t22-,23+,26-,28?,31-,34-/m0/s1. The molecule has 4 rings (SSSR count). The van der Waals surface area contributed by atoms with Gasteiger partial charge in [0.25, 0.3) is 5.91 Å². The number of halogens is 1. The summed E-state index contributed by atoms with van der Waals surface area (Å²) in [5, 5.41) is 10.5. The summed E-state index contributed by atoms with van der Waals surface area (Å²) < 4.78 is 34.8. The first-order valence-electron chi connectivity index (χ1n) is 15.1. The van der Waals surface area contributed by atoms with E-state index in [1.807, 2.05) is 19.1 Å². The van der Waals surface area contributed by atoms with Crippen LogP contribution in [0.5, 0.6) is 5.75 Å². The molecule has 43 heavy (non-hydrogen) atoms. The van der Waals surface area contributed by atoms with Crippen molar-refractivity contribution in [1.29, 1.82) is 0 Å². The maximum absolute atomic E-state index is 13.3. The minimum absolute atomic E-state index is 0.105. The van der Waals surface area contributed by atoms with Gasteiger partial charge in [0.15, 0.2) is 0 Å². The van der Waals surface area contributed by atoms with E-state index in [2.05, 4.69) is 42.7 Å². The molecular formula is C34H45ClN2O5S. The van der Waals surface area contributed by atoms with Crippen LogP contribution in [0.3, 0.4) is 0 Å². The van der Waals surface area contributed by atoms with Crippen LogP contribution in [0.4, 0.5) is 5.69 Å².